The van der Waals surface area contributed by atoms with Gasteiger partial charge in [0.2, 0.25) is 0 Å². The molecular weight excluding hydrogens is 200 g/mol. The van der Waals surface area contributed by atoms with Crippen LogP contribution in [0.15, 0.2) is 16.6 Å². The van der Waals surface area contributed by atoms with E-state index in [0.29, 0.717) is 5.92 Å². The van der Waals surface area contributed by atoms with E-state index in [1.807, 2.05) is 7.05 Å². The maximum Gasteiger partial charge on any atom is 0.343 e. The van der Waals surface area contributed by atoms with Crippen molar-refractivity contribution >= 4 is 11.7 Å². The van der Waals surface area contributed by atoms with E-state index in [9.17, 15) is 4.79 Å². The van der Waals surface area contributed by atoms with Gasteiger partial charge in [0.05, 0.1) is 5.71 Å². The number of allylic oxidation sites excluding steroid dienone is 1. The minimum absolute atomic E-state index is 0.0794. The summed E-state index contributed by atoms with van der Waals surface area (Å²) in [5.41, 5.74) is 2.33. The number of likely N-dealkylation sites (N-methyl/N-ethyl adjacent to an activating group) is 1. The molecule has 0 fully saturated rings. The van der Waals surface area contributed by atoms with E-state index < -0.39 is 0 Å². The summed E-state index contributed by atoms with van der Waals surface area (Å²) in [6.45, 7) is 2.97. The van der Waals surface area contributed by atoms with Crippen LogP contribution >= 0.6 is 0 Å². The van der Waals surface area contributed by atoms with Crippen LogP contribution in [0.2, 0.25) is 0 Å². The third kappa shape index (κ3) is 2.34. The van der Waals surface area contributed by atoms with Crippen molar-refractivity contribution in [3.63, 3.8) is 0 Å². The zero-order valence-corrected chi connectivity index (χ0v) is 10.2. The summed E-state index contributed by atoms with van der Waals surface area (Å²) in [6.07, 6.45) is 8.14. The first kappa shape index (κ1) is 11.4. The van der Waals surface area contributed by atoms with Gasteiger partial charge >= 0.3 is 6.03 Å². The average molecular weight is 220 g/mol. The summed E-state index contributed by atoms with van der Waals surface area (Å²) in [7, 11) is 1.82. The van der Waals surface area contributed by atoms with Gasteiger partial charge in [-0.3, -0.25) is 0 Å². The van der Waals surface area contributed by atoms with Crippen molar-refractivity contribution in [2.24, 2.45) is 10.9 Å². The molecule has 3 heteroatoms. The van der Waals surface area contributed by atoms with E-state index in [4.69, 9.17) is 0 Å². The summed E-state index contributed by atoms with van der Waals surface area (Å²) < 4.78 is 0. The van der Waals surface area contributed by atoms with Crippen molar-refractivity contribution in [1.29, 1.82) is 0 Å². The van der Waals surface area contributed by atoms with Gasteiger partial charge in [0, 0.05) is 13.6 Å². The Morgan fingerprint density at radius 2 is 2.38 bits per heavy atom. The van der Waals surface area contributed by atoms with E-state index in [0.717, 1.165) is 25.1 Å². The highest BCUT2D eigenvalue weighted by Crippen LogP contribution is 2.27. The molecule has 0 saturated carbocycles. The molecule has 2 amide bonds. The van der Waals surface area contributed by atoms with Crippen molar-refractivity contribution in [2.45, 2.75) is 39.0 Å². The first-order valence-corrected chi connectivity index (χ1v) is 6.22. The lowest BCUT2D eigenvalue weighted by Crippen LogP contribution is -2.34. The number of rotatable bonds is 2. The molecule has 0 saturated heterocycles. The molecule has 1 heterocycles. The summed E-state index contributed by atoms with van der Waals surface area (Å²) in [5.74, 6) is 0.716. The fourth-order valence-corrected chi connectivity index (χ4v) is 2.57. The first-order valence-electron chi connectivity index (χ1n) is 6.22. The van der Waals surface area contributed by atoms with Gasteiger partial charge in [0.15, 0.2) is 0 Å². The molecule has 16 heavy (non-hydrogen) atoms. The highest BCUT2D eigenvalue weighted by atomic mass is 16.2. The van der Waals surface area contributed by atoms with E-state index in [1.165, 1.54) is 24.8 Å². The van der Waals surface area contributed by atoms with Crippen LogP contribution in [0, 0.1) is 5.92 Å². The number of amides is 2. The van der Waals surface area contributed by atoms with Gasteiger partial charge in [0.25, 0.3) is 0 Å². The number of hydrogen-bond donors (Lipinski definition) is 0. The Labute approximate surface area is 97.2 Å². The minimum Gasteiger partial charge on any atom is -0.322 e. The van der Waals surface area contributed by atoms with E-state index in [-0.39, 0.29) is 6.03 Å². The second-order valence-electron chi connectivity index (χ2n) is 4.86. The topological polar surface area (TPSA) is 32.7 Å². The molecule has 1 atom stereocenters. The quantitative estimate of drug-likeness (QED) is 0.704. The average Bonchev–Trinajstić information content (AvgIpc) is 2.42. The molecule has 0 spiro atoms. The van der Waals surface area contributed by atoms with Crippen LogP contribution in [0.3, 0.4) is 0 Å². The van der Waals surface area contributed by atoms with Crippen molar-refractivity contribution in [3.8, 4) is 0 Å². The van der Waals surface area contributed by atoms with Crippen LogP contribution in [-0.4, -0.2) is 30.2 Å². The van der Waals surface area contributed by atoms with Crippen molar-refractivity contribution in [3.05, 3.63) is 11.6 Å². The van der Waals surface area contributed by atoms with Crippen LogP contribution < -0.4 is 0 Å². The zero-order valence-electron chi connectivity index (χ0n) is 10.2. The maximum absolute atomic E-state index is 11.5. The molecule has 1 aliphatic heterocycles. The largest absolute Gasteiger partial charge is 0.343 e. The Bertz CT molecular complexity index is 344. The Balaban J connectivity index is 2.16. The number of carbonyl (C=O) groups is 1. The second-order valence-corrected chi connectivity index (χ2v) is 4.86. The van der Waals surface area contributed by atoms with Crippen LogP contribution in [0.4, 0.5) is 4.79 Å². The highest BCUT2D eigenvalue weighted by molar-refractivity contribution is 6.08. The van der Waals surface area contributed by atoms with Crippen molar-refractivity contribution in [2.75, 3.05) is 13.6 Å². The van der Waals surface area contributed by atoms with Crippen LogP contribution in [0.1, 0.15) is 39.0 Å². The molecule has 3 nitrogen and oxygen atoms in total. The molecule has 0 aromatic rings. The standard InChI is InChI=1S/C13H20N2O/c1-3-5-10-6-4-7-11-9-15(2)13(16)14-12(11)8-10/h7,10H,3-6,8-9H2,1-2H3. The van der Waals surface area contributed by atoms with E-state index in [1.54, 1.807) is 4.90 Å². The molecule has 0 bridgehead atoms. The van der Waals surface area contributed by atoms with Gasteiger partial charge in [0.1, 0.15) is 0 Å². The summed E-state index contributed by atoms with van der Waals surface area (Å²) in [5, 5.41) is 0. The molecule has 0 aromatic carbocycles. The van der Waals surface area contributed by atoms with E-state index >= 15 is 0 Å². The van der Waals surface area contributed by atoms with Gasteiger partial charge in [-0.2, -0.15) is 4.99 Å². The minimum atomic E-state index is -0.0794. The maximum atomic E-state index is 11.5. The molecule has 1 unspecified atom stereocenters. The highest BCUT2D eigenvalue weighted by Gasteiger charge is 2.25. The van der Waals surface area contributed by atoms with Gasteiger partial charge in [-0.25, -0.2) is 4.79 Å². The molecule has 1 aliphatic carbocycles. The number of fused-ring (bicyclic) bond motifs is 1. The molecule has 88 valence electrons. The molecule has 2 rings (SSSR count). The van der Waals surface area contributed by atoms with Crippen LogP contribution in [0.5, 0.6) is 0 Å². The monoisotopic (exact) mass is 220 g/mol. The lowest BCUT2D eigenvalue weighted by molar-refractivity contribution is 0.221. The fraction of sp³-hybridized carbons (Fsp3) is 0.692. The molecule has 0 N–H and O–H groups in total. The van der Waals surface area contributed by atoms with Crippen LogP contribution in [-0.2, 0) is 0 Å². The number of hydrogen-bond acceptors (Lipinski definition) is 1. The third-order valence-electron chi connectivity index (χ3n) is 3.48. The summed E-state index contributed by atoms with van der Waals surface area (Å²) >= 11 is 0. The molecule has 0 aromatic heterocycles. The Hall–Kier alpha value is -1.12. The summed E-state index contributed by atoms with van der Waals surface area (Å²) in [4.78, 5) is 17.4. The van der Waals surface area contributed by atoms with Crippen molar-refractivity contribution in [1.82, 2.24) is 4.90 Å². The van der Waals surface area contributed by atoms with Gasteiger partial charge in [-0.15, -0.1) is 0 Å². The Kier molecular flexibility index (Phi) is 3.42. The van der Waals surface area contributed by atoms with Gasteiger partial charge < -0.3 is 4.90 Å². The number of urea groups is 1. The number of nitrogens with zero attached hydrogens (tertiary/aromatic N) is 2. The van der Waals surface area contributed by atoms with Crippen LogP contribution in [0.25, 0.3) is 0 Å². The predicted molar refractivity (Wildman–Crippen MR) is 65.8 cm³/mol. The fourth-order valence-electron chi connectivity index (χ4n) is 2.57. The second kappa shape index (κ2) is 4.81. The Morgan fingerprint density at radius 1 is 1.56 bits per heavy atom. The third-order valence-corrected chi connectivity index (χ3v) is 3.48. The Morgan fingerprint density at radius 3 is 3.12 bits per heavy atom. The molecular formula is C13H20N2O. The zero-order chi connectivity index (χ0) is 11.5. The van der Waals surface area contributed by atoms with Gasteiger partial charge in [-0.1, -0.05) is 25.8 Å². The molecule has 0 radical (unpaired) electrons. The number of carbonyl (C=O) groups excluding carboxylic acids is 1. The smallest absolute Gasteiger partial charge is 0.322 e. The normalized spacial score (nSPS) is 25.8. The molecule has 2 aliphatic rings. The lowest BCUT2D eigenvalue weighted by Gasteiger charge is -2.24. The summed E-state index contributed by atoms with van der Waals surface area (Å²) in [6, 6.07) is -0.0794. The van der Waals surface area contributed by atoms with Crippen molar-refractivity contribution < 1.29 is 4.79 Å². The van der Waals surface area contributed by atoms with E-state index in [2.05, 4.69) is 18.0 Å². The predicted octanol–water partition coefficient (Wildman–Crippen LogP) is 3.02. The lowest BCUT2D eigenvalue weighted by atomic mass is 9.93. The number of aliphatic imine (C=N–C) groups is 1. The van der Waals surface area contributed by atoms with Gasteiger partial charge in [-0.05, 0) is 30.8 Å². The first-order chi connectivity index (χ1) is 7.70. The SMILES string of the molecule is CCCC1CCC=C2CN(C)C(=O)N=C2C1.